The zero-order valence-electron chi connectivity index (χ0n) is 15.6. The maximum Gasteiger partial charge on any atom is 0.255 e. The summed E-state index contributed by atoms with van der Waals surface area (Å²) in [6.45, 7) is 1.19. The summed E-state index contributed by atoms with van der Waals surface area (Å²) < 4.78 is 6.74. The minimum atomic E-state index is -0.0324. The van der Waals surface area contributed by atoms with E-state index in [1.165, 1.54) is 0 Å². The quantitative estimate of drug-likeness (QED) is 0.734. The summed E-state index contributed by atoms with van der Waals surface area (Å²) in [5, 5.41) is 2.98. The second-order valence-corrected chi connectivity index (χ2v) is 8.21. The molecule has 2 amide bonds. The molecule has 6 heteroatoms. The van der Waals surface area contributed by atoms with Crippen molar-refractivity contribution in [3.63, 3.8) is 0 Å². The summed E-state index contributed by atoms with van der Waals surface area (Å²) in [5.74, 6) is 0.712. The van der Waals surface area contributed by atoms with Crippen molar-refractivity contribution in [2.45, 2.75) is 37.8 Å². The van der Waals surface area contributed by atoms with Crippen molar-refractivity contribution in [3.05, 3.63) is 64.1 Å². The average molecular weight is 443 g/mol. The van der Waals surface area contributed by atoms with Crippen LogP contribution in [0.2, 0.25) is 0 Å². The van der Waals surface area contributed by atoms with Gasteiger partial charge in [-0.3, -0.25) is 9.59 Å². The van der Waals surface area contributed by atoms with E-state index in [4.69, 9.17) is 4.74 Å². The molecule has 1 atom stereocenters. The van der Waals surface area contributed by atoms with Crippen molar-refractivity contribution in [1.29, 1.82) is 0 Å². The van der Waals surface area contributed by atoms with E-state index in [-0.39, 0.29) is 17.9 Å². The van der Waals surface area contributed by atoms with Crippen molar-refractivity contribution in [2.24, 2.45) is 0 Å². The number of hydrogen-bond acceptors (Lipinski definition) is 3. The predicted octanol–water partition coefficient (Wildman–Crippen LogP) is 4.02. The first kappa shape index (κ1) is 19.0. The average Bonchev–Trinajstić information content (AvgIpc) is 3.40. The standard InChI is InChI=1S/C22H23BrN2O3/c23-20-6-2-1-5-19(20)22(27)25-13-3-4-17(25)14-28-18-11-7-15(8-12-18)21(26)24-16-9-10-16/h1-2,5-8,11-12,16-17H,3-4,9-10,13-14H2,(H,24,26)/t17-/m1/s1. The van der Waals surface area contributed by atoms with E-state index in [1.807, 2.05) is 41.3 Å². The first-order chi connectivity index (χ1) is 13.6. The molecule has 1 aliphatic carbocycles. The van der Waals surface area contributed by atoms with Crippen molar-refractivity contribution in [3.8, 4) is 5.75 Å². The molecule has 2 aromatic carbocycles. The molecular formula is C22H23BrN2O3. The molecule has 0 unspecified atom stereocenters. The SMILES string of the molecule is O=C(NC1CC1)c1ccc(OC[C@H]2CCCN2C(=O)c2ccccc2Br)cc1. The smallest absolute Gasteiger partial charge is 0.255 e. The Labute approximate surface area is 173 Å². The molecule has 2 aliphatic rings. The van der Waals surface area contributed by atoms with Gasteiger partial charge in [-0.25, -0.2) is 0 Å². The van der Waals surface area contributed by atoms with Gasteiger partial charge in [0.25, 0.3) is 11.8 Å². The highest BCUT2D eigenvalue weighted by molar-refractivity contribution is 9.10. The number of carbonyl (C=O) groups is 2. The molecule has 1 saturated carbocycles. The normalized spacial score (nSPS) is 18.8. The lowest BCUT2D eigenvalue weighted by Gasteiger charge is -2.25. The van der Waals surface area contributed by atoms with Crippen molar-refractivity contribution in [2.75, 3.05) is 13.2 Å². The van der Waals surface area contributed by atoms with Gasteiger partial charge in [-0.05, 0) is 78.0 Å². The van der Waals surface area contributed by atoms with E-state index in [9.17, 15) is 9.59 Å². The summed E-state index contributed by atoms with van der Waals surface area (Å²) in [6.07, 6.45) is 4.05. The van der Waals surface area contributed by atoms with Gasteiger partial charge in [-0.15, -0.1) is 0 Å². The van der Waals surface area contributed by atoms with Crippen molar-refractivity contribution >= 4 is 27.7 Å². The summed E-state index contributed by atoms with van der Waals surface area (Å²) in [4.78, 5) is 26.9. The maximum absolute atomic E-state index is 12.9. The third-order valence-corrected chi connectivity index (χ3v) is 5.91. The Morgan fingerprint density at radius 1 is 1.07 bits per heavy atom. The Bertz CT molecular complexity index is 864. The second kappa shape index (κ2) is 8.35. The zero-order valence-corrected chi connectivity index (χ0v) is 17.2. The molecule has 2 fully saturated rings. The van der Waals surface area contributed by atoms with Crippen LogP contribution in [0.5, 0.6) is 5.75 Å². The summed E-state index contributed by atoms with van der Waals surface area (Å²) >= 11 is 3.47. The number of likely N-dealkylation sites (tertiary alicyclic amines) is 1. The lowest BCUT2D eigenvalue weighted by Crippen LogP contribution is -2.39. The molecule has 28 heavy (non-hydrogen) atoms. The van der Waals surface area contributed by atoms with Crippen LogP contribution in [0.25, 0.3) is 0 Å². The monoisotopic (exact) mass is 442 g/mol. The Balaban J connectivity index is 1.35. The van der Waals surface area contributed by atoms with E-state index in [0.717, 1.165) is 36.7 Å². The van der Waals surface area contributed by atoms with Crippen LogP contribution in [0.4, 0.5) is 0 Å². The van der Waals surface area contributed by atoms with Crippen LogP contribution in [0.3, 0.4) is 0 Å². The van der Waals surface area contributed by atoms with Crippen LogP contribution >= 0.6 is 15.9 Å². The molecule has 1 saturated heterocycles. The van der Waals surface area contributed by atoms with Crippen molar-refractivity contribution < 1.29 is 14.3 Å². The Hall–Kier alpha value is -2.34. The van der Waals surface area contributed by atoms with Gasteiger partial charge in [0.05, 0.1) is 11.6 Å². The number of hydrogen-bond donors (Lipinski definition) is 1. The van der Waals surface area contributed by atoms with E-state index >= 15 is 0 Å². The van der Waals surface area contributed by atoms with E-state index in [0.29, 0.717) is 29.5 Å². The second-order valence-electron chi connectivity index (χ2n) is 7.36. The van der Waals surface area contributed by atoms with Crippen LogP contribution in [0.1, 0.15) is 46.4 Å². The third kappa shape index (κ3) is 4.38. The number of benzene rings is 2. The minimum absolute atomic E-state index is 0.0324. The number of ether oxygens (including phenoxy) is 1. The summed E-state index contributed by atoms with van der Waals surface area (Å²) in [7, 11) is 0. The first-order valence-corrected chi connectivity index (χ1v) is 10.5. The van der Waals surface area contributed by atoms with Crippen molar-refractivity contribution in [1.82, 2.24) is 10.2 Å². The fourth-order valence-electron chi connectivity index (χ4n) is 3.46. The molecule has 0 spiro atoms. The fourth-order valence-corrected chi connectivity index (χ4v) is 3.91. The molecule has 1 aliphatic heterocycles. The van der Waals surface area contributed by atoms with Gasteiger partial charge in [0.1, 0.15) is 12.4 Å². The van der Waals surface area contributed by atoms with Gasteiger partial charge in [-0.1, -0.05) is 12.1 Å². The number of nitrogens with one attached hydrogen (secondary N) is 1. The number of nitrogens with zero attached hydrogens (tertiary/aromatic N) is 1. The topological polar surface area (TPSA) is 58.6 Å². The third-order valence-electron chi connectivity index (χ3n) is 5.21. The molecule has 1 N–H and O–H groups in total. The van der Waals surface area contributed by atoms with Crippen LogP contribution in [-0.2, 0) is 0 Å². The molecule has 4 rings (SSSR count). The first-order valence-electron chi connectivity index (χ1n) is 9.71. The van der Waals surface area contributed by atoms with Gasteiger partial charge < -0.3 is 15.0 Å². The summed E-state index contributed by atoms with van der Waals surface area (Å²) in [6, 6.07) is 15.1. The van der Waals surface area contributed by atoms with Gasteiger partial charge in [0.2, 0.25) is 0 Å². The van der Waals surface area contributed by atoms with Crippen LogP contribution in [-0.4, -0.2) is 41.9 Å². The highest BCUT2D eigenvalue weighted by atomic mass is 79.9. The molecular weight excluding hydrogens is 420 g/mol. The van der Waals surface area contributed by atoms with Gasteiger partial charge >= 0.3 is 0 Å². The lowest BCUT2D eigenvalue weighted by atomic mass is 10.1. The van der Waals surface area contributed by atoms with Crippen LogP contribution in [0, 0.1) is 0 Å². The van der Waals surface area contributed by atoms with Crippen LogP contribution < -0.4 is 10.1 Å². The fraction of sp³-hybridized carbons (Fsp3) is 0.364. The van der Waals surface area contributed by atoms with Gasteiger partial charge in [0, 0.05) is 22.6 Å². The Morgan fingerprint density at radius 3 is 2.54 bits per heavy atom. The summed E-state index contributed by atoms with van der Waals surface area (Å²) in [5.41, 5.74) is 1.33. The zero-order chi connectivity index (χ0) is 19.5. The molecule has 2 aromatic rings. The van der Waals surface area contributed by atoms with E-state index in [2.05, 4.69) is 21.2 Å². The predicted molar refractivity (Wildman–Crippen MR) is 111 cm³/mol. The lowest BCUT2D eigenvalue weighted by molar-refractivity contribution is 0.0690. The number of amides is 2. The van der Waals surface area contributed by atoms with Gasteiger partial charge in [0.15, 0.2) is 0 Å². The van der Waals surface area contributed by atoms with E-state index in [1.54, 1.807) is 12.1 Å². The number of carbonyl (C=O) groups excluding carboxylic acids is 2. The maximum atomic E-state index is 12.9. The molecule has 0 aromatic heterocycles. The Kier molecular flexibility index (Phi) is 5.67. The minimum Gasteiger partial charge on any atom is -0.491 e. The van der Waals surface area contributed by atoms with E-state index < -0.39 is 0 Å². The number of halogens is 1. The molecule has 146 valence electrons. The van der Waals surface area contributed by atoms with Crippen LogP contribution in [0.15, 0.2) is 53.0 Å². The molecule has 1 heterocycles. The highest BCUT2D eigenvalue weighted by Crippen LogP contribution is 2.25. The van der Waals surface area contributed by atoms with Gasteiger partial charge in [-0.2, -0.15) is 0 Å². The molecule has 0 bridgehead atoms. The molecule has 0 radical (unpaired) electrons. The largest absolute Gasteiger partial charge is 0.491 e. The number of rotatable bonds is 6. The molecule has 5 nitrogen and oxygen atoms in total. The Morgan fingerprint density at radius 2 is 1.82 bits per heavy atom. The highest BCUT2D eigenvalue weighted by Gasteiger charge is 2.30.